The van der Waals surface area contributed by atoms with Gasteiger partial charge in [0.05, 0.1) is 17.1 Å². The van der Waals surface area contributed by atoms with Gasteiger partial charge >= 0.3 is 0 Å². The molecule has 20 heavy (non-hydrogen) atoms. The first-order chi connectivity index (χ1) is 9.63. The molecule has 0 radical (unpaired) electrons. The Morgan fingerprint density at radius 2 is 2.00 bits per heavy atom. The largest absolute Gasteiger partial charge is 0.365 e. The van der Waals surface area contributed by atoms with E-state index >= 15 is 0 Å². The van der Waals surface area contributed by atoms with E-state index < -0.39 is 6.10 Å². The Balaban J connectivity index is 1.83. The Bertz CT molecular complexity index is 662. The zero-order valence-corrected chi connectivity index (χ0v) is 11.7. The number of nitrogens with one attached hydrogen (secondary N) is 1. The van der Waals surface area contributed by atoms with Gasteiger partial charge < -0.3 is 10.1 Å². The summed E-state index contributed by atoms with van der Waals surface area (Å²) >= 11 is 6.05. The molecule has 2 heterocycles. The number of hydrogen-bond acceptors (Lipinski definition) is 4. The quantitative estimate of drug-likeness (QED) is 0.924. The van der Waals surface area contributed by atoms with Gasteiger partial charge in [-0.1, -0.05) is 23.7 Å². The second-order valence-electron chi connectivity index (χ2n) is 4.85. The molecule has 3 rings (SSSR count). The van der Waals surface area contributed by atoms with Crippen LogP contribution in [-0.2, 0) is 9.53 Å². The summed E-state index contributed by atoms with van der Waals surface area (Å²) < 4.78 is 5.52. The molecule has 1 aliphatic rings. The van der Waals surface area contributed by atoms with Gasteiger partial charge in [0.15, 0.2) is 11.0 Å². The van der Waals surface area contributed by atoms with Crippen LogP contribution in [0, 0.1) is 0 Å². The smallest absolute Gasteiger partial charge is 0.254 e. The number of rotatable bonds is 2. The summed E-state index contributed by atoms with van der Waals surface area (Å²) in [5, 5.41) is 2.88. The molecule has 2 aromatic rings. The van der Waals surface area contributed by atoms with Gasteiger partial charge in [-0.2, -0.15) is 0 Å². The maximum absolute atomic E-state index is 12.1. The highest BCUT2D eigenvalue weighted by molar-refractivity contribution is 6.32. The number of hydrogen-bond donors (Lipinski definition) is 1. The van der Waals surface area contributed by atoms with Gasteiger partial charge in [0.2, 0.25) is 0 Å². The molecule has 6 heteroatoms. The number of anilines is 1. The van der Waals surface area contributed by atoms with Gasteiger partial charge in [0.25, 0.3) is 5.91 Å². The van der Waals surface area contributed by atoms with Crippen molar-refractivity contribution in [2.75, 3.05) is 5.32 Å². The summed E-state index contributed by atoms with van der Waals surface area (Å²) in [5.74, 6) is 0.0550. The van der Waals surface area contributed by atoms with Crippen molar-refractivity contribution < 1.29 is 9.53 Å². The maximum Gasteiger partial charge on any atom is 0.254 e. The van der Waals surface area contributed by atoms with Crippen LogP contribution in [0.2, 0.25) is 5.15 Å². The standard InChI is InChI=1S/C14H14ClN3O2/c1-8-6-7-11(20-8)14(19)18-13-12(15)16-9-4-2-3-5-10(9)17-13/h2-5,8,11H,6-7H2,1H3,(H,17,18,19). The third-order valence-corrected chi connectivity index (χ3v) is 3.56. The van der Waals surface area contributed by atoms with Crippen molar-refractivity contribution in [3.8, 4) is 0 Å². The lowest BCUT2D eigenvalue weighted by Gasteiger charge is -2.12. The van der Waals surface area contributed by atoms with E-state index in [4.69, 9.17) is 16.3 Å². The SMILES string of the molecule is CC1CCC(C(=O)Nc2nc3ccccc3nc2Cl)O1. The van der Waals surface area contributed by atoms with E-state index in [1.54, 1.807) is 0 Å². The van der Waals surface area contributed by atoms with E-state index in [9.17, 15) is 4.79 Å². The zero-order valence-electron chi connectivity index (χ0n) is 11.0. The van der Waals surface area contributed by atoms with Crippen molar-refractivity contribution in [2.24, 2.45) is 0 Å². The lowest BCUT2D eigenvalue weighted by molar-refractivity contribution is -0.126. The second kappa shape index (κ2) is 5.34. The average molecular weight is 292 g/mol. The fourth-order valence-electron chi connectivity index (χ4n) is 2.25. The van der Waals surface area contributed by atoms with E-state index in [0.29, 0.717) is 17.5 Å². The third kappa shape index (κ3) is 2.59. The number of aromatic nitrogens is 2. The summed E-state index contributed by atoms with van der Waals surface area (Å²) in [5.41, 5.74) is 1.38. The van der Waals surface area contributed by atoms with E-state index in [1.807, 2.05) is 31.2 Å². The van der Waals surface area contributed by atoms with Gasteiger partial charge in [0, 0.05) is 0 Å². The predicted octanol–water partition coefficient (Wildman–Crippen LogP) is 2.79. The van der Waals surface area contributed by atoms with E-state index in [2.05, 4.69) is 15.3 Å². The summed E-state index contributed by atoms with van der Waals surface area (Å²) in [7, 11) is 0. The van der Waals surface area contributed by atoms with Crippen molar-refractivity contribution in [3.05, 3.63) is 29.4 Å². The fourth-order valence-corrected chi connectivity index (χ4v) is 2.43. The Morgan fingerprint density at radius 3 is 2.65 bits per heavy atom. The first-order valence-electron chi connectivity index (χ1n) is 6.52. The van der Waals surface area contributed by atoms with Crippen LogP contribution in [0.3, 0.4) is 0 Å². The minimum atomic E-state index is -0.436. The highest BCUT2D eigenvalue weighted by Crippen LogP contribution is 2.24. The molecular weight excluding hydrogens is 278 g/mol. The van der Waals surface area contributed by atoms with E-state index in [-0.39, 0.29) is 23.0 Å². The third-order valence-electron chi connectivity index (χ3n) is 3.29. The molecule has 0 aliphatic carbocycles. The molecule has 1 saturated heterocycles. The molecule has 1 amide bonds. The van der Waals surface area contributed by atoms with E-state index in [0.717, 1.165) is 6.42 Å². The summed E-state index contributed by atoms with van der Waals surface area (Å²) in [6, 6.07) is 7.36. The van der Waals surface area contributed by atoms with Crippen molar-refractivity contribution in [3.63, 3.8) is 0 Å². The van der Waals surface area contributed by atoms with Gasteiger partial charge in [-0.3, -0.25) is 4.79 Å². The number of halogens is 1. The van der Waals surface area contributed by atoms with Crippen molar-refractivity contribution in [1.29, 1.82) is 0 Å². The van der Waals surface area contributed by atoms with Gasteiger partial charge in [-0.15, -0.1) is 0 Å². The van der Waals surface area contributed by atoms with Crippen molar-refractivity contribution in [2.45, 2.75) is 32.0 Å². The Hall–Kier alpha value is -1.72. The van der Waals surface area contributed by atoms with Crippen LogP contribution in [0.15, 0.2) is 24.3 Å². The summed E-state index contributed by atoms with van der Waals surface area (Å²) in [6.45, 7) is 1.95. The number of carbonyl (C=O) groups is 1. The van der Waals surface area contributed by atoms with E-state index in [1.165, 1.54) is 0 Å². The Labute approximate surface area is 121 Å². The molecule has 0 bridgehead atoms. The van der Waals surface area contributed by atoms with Crippen molar-refractivity contribution >= 4 is 34.4 Å². The molecule has 2 unspecified atom stereocenters. The van der Waals surface area contributed by atoms with Gasteiger partial charge in [-0.25, -0.2) is 9.97 Å². The van der Waals surface area contributed by atoms with Crippen LogP contribution in [-0.4, -0.2) is 28.1 Å². The molecule has 1 N–H and O–H groups in total. The number of benzene rings is 1. The topological polar surface area (TPSA) is 64.1 Å². The predicted molar refractivity (Wildman–Crippen MR) is 76.7 cm³/mol. The molecule has 1 aromatic heterocycles. The van der Waals surface area contributed by atoms with Crippen LogP contribution in [0.5, 0.6) is 0 Å². The van der Waals surface area contributed by atoms with Crippen LogP contribution >= 0.6 is 11.6 Å². The summed E-state index contributed by atoms with van der Waals surface area (Å²) in [4.78, 5) is 20.6. The lowest BCUT2D eigenvalue weighted by atomic mass is 10.2. The first-order valence-corrected chi connectivity index (χ1v) is 6.90. The van der Waals surface area contributed by atoms with Crippen LogP contribution in [0.1, 0.15) is 19.8 Å². The van der Waals surface area contributed by atoms with Crippen molar-refractivity contribution in [1.82, 2.24) is 9.97 Å². The monoisotopic (exact) mass is 291 g/mol. The molecule has 0 saturated carbocycles. The molecule has 5 nitrogen and oxygen atoms in total. The molecule has 2 atom stereocenters. The highest BCUT2D eigenvalue weighted by Gasteiger charge is 2.28. The van der Waals surface area contributed by atoms with Gasteiger partial charge in [0.1, 0.15) is 6.10 Å². The summed E-state index contributed by atoms with van der Waals surface area (Å²) in [6.07, 6.45) is 1.28. The molecule has 0 spiro atoms. The van der Waals surface area contributed by atoms with Crippen LogP contribution in [0.25, 0.3) is 11.0 Å². The number of ether oxygens (including phenoxy) is 1. The number of para-hydroxylation sites is 2. The first kappa shape index (κ1) is 13.3. The average Bonchev–Trinajstić information content (AvgIpc) is 2.86. The van der Waals surface area contributed by atoms with Crippen LogP contribution < -0.4 is 5.32 Å². The second-order valence-corrected chi connectivity index (χ2v) is 5.21. The normalized spacial score (nSPS) is 22.1. The molecular formula is C14H14ClN3O2. The zero-order chi connectivity index (χ0) is 14.1. The Morgan fingerprint density at radius 1 is 1.30 bits per heavy atom. The highest BCUT2D eigenvalue weighted by atomic mass is 35.5. The number of amides is 1. The Kier molecular flexibility index (Phi) is 3.54. The maximum atomic E-state index is 12.1. The minimum Gasteiger partial charge on any atom is -0.365 e. The number of fused-ring (bicyclic) bond motifs is 1. The molecule has 1 aromatic carbocycles. The number of carbonyl (C=O) groups excluding carboxylic acids is 1. The molecule has 1 fully saturated rings. The van der Waals surface area contributed by atoms with Crippen LogP contribution in [0.4, 0.5) is 5.82 Å². The molecule has 1 aliphatic heterocycles. The van der Waals surface area contributed by atoms with Gasteiger partial charge in [-0.05, 0) is 31.9 Å². The molecule has 104 valence electrons. The number of nitrogens with zero attached hydrogens (tertiary/aromatic N) is 2. The lowest BCUT2D eigenvalue weighted by Crippen LogP contribution is -2.28. The minimum absolute atomic E-state index is 0.115. The fraction of sp³-hybridized carbons (Fsp3) is 0.357.